The number of nitrogens with two attached hydrogens (primary N) is 1. The van der Waals surface area contributed by atoms with Crippen molar-refractivity contribution in [3.63, 3.8) is 0 Å². The molecule has 0 saturated heterocycles. The molecule has 0 aromatic heterocycles. The zero-order chi connectivity index (χ0) is 39.5. The van der Waals surface area contributed by atoms with Crippen LogP contribution in [0.25, 0.3) is 0 Å². The molecule has 0 amide bonds. The maximum atomic E-state index is 13.7. The minimum absolute atomic E-state index is 0.0938. The number of benzene rings is 4. The van der Waals surface area contributed by atoms with E-state index < -0.39 is 38.5 Å². The third kappa shape index (κ3) is 13.3. The Balaban J connectivity index is 1.58. The standard InChI is InChI=1S/C48H65NO5Si/c1-38(2)27-17-11-9-7-6-8-10-12-26-36-44(53-46(50)39-28-18-13-19-29-39)45(54-47(51)40-30-20-14-21-31-40)43(49)37-52-55(48(3,4)5,41-32-22-15-23-33-41)42-34-24-16-25-35-42/h13-16,18-25,28-35,38,43-45H,6-12,17,26-27,36-37,49H2,1-5H3/t43-,44+,45-/m0/s1. The van der Waals surface area contributed by atoms with Gasteiger partial charge in [-0.2, -0.15) is 0 Å². The van der Waals surface area contributed by atoms with Gasteiger partial charge in [0.05, 0.1) is 23.8 Å². The van der Waals surface area contributed by atoms with E-state index in [4.69, 9.17) is 19.6 Å². The van der Waals surface area contributed by atoms with Gasteiger partial charge in [0.1, 0.15) is 6.10 Å². The van der Waals surface area contributed by atoms with Crippen molar-refractivity contribution in [1.29, 1.82) is 0 Å². The Morgan fingerprint density at radius 3 is 1.36 bits per heavy atom. The first kappa shape index (κ1) is 43.7. The second-order valence-corrected chi connectivity index (χ2v) is 20.6. The smallest absolute Gasteiger partial charge is 0.338 e. The number of carbonyl (C=O) groups excluding carboxylic acids is 2. The maximum Gasteiger partial charge on any atom is 0.338 e. The van der Waals surface area contributed by atoms with Crippen LogP contribution in [0, 0.1) is 5.92 Å². The first-order valence-corrected chi connectivity index (χ1v) is 22.5. The Hall–Kier alpha value is -4.04. The Morgan fingerprint density at radius 1 is 0.564 bits per heavy atom. The molecule has 0 aliphatic heterocycles. The molecule has 0 radical (unpaired) electrons. The van der Waals surface area contributed by atoms with Crippen LogP contribution in [0.15, 0.2) is 121 Å². The lowest BCUT2D eigenvalue weighted by molar-refractivity contribution is -0.0517. The Labute approximate surface area is 332 Å². The average Bonchev–Trinajstić information content (AvgIpc) is 3.19. The minimum atomic E-state index is -2.97. The molecule has 2 N–H and O–H groups in total. The van der Waals surface area contributed by atoms with Crippen molar-refractivity contribution in [2.75, 3.05) is 6.61 Å². The molecule has 4 aromatic rings. The van der Waals surface area contributed by atoms with Crippen molar-refractivity contribution in [2.24, 2.45) is 11.7 Å². The van der Waals surface area contributed by atoms with Gasteiger partial charge in [-0.1, -0.05) is 189 Å². The molecule has 0 bridgehead atoms. The lowest BCUT2D eigenvalue weighted by Gasteiger charge is -2.44. The van der Waals surface area contributed by atoms with Gasteiger partial charge in [-0.05, 0) is 58.4 Å². The molecule has 0 heterocycles. The molecular weight excluding hydrogens is 699 g/mol. The molecule has 296 valence electrons. The summed E-state index contributed by atoms with van der Waals surface area (Å²) in [5.41, 5.74) is 7.97. The van der Waals surface area contributed by atoms with Crippen LogP contribution in [-0.4, -0.2) is 45.1 Å². The summed E-state index contributed by atoms with van der Waals surface area (Å²) in [6.45, 7) is 11.3. The number of rotatable bonds is 23. The predicted octanol–water partition coefficient (Wildman–Crippen LogP) is 10.3. The van der Waals surface area contributed by atoms with Gasteiger partial charge < -0.3 is 19.6 Å². The molecule has 3 atom stereocenters. The zero-order valence-electron chi connectivity index (χ0n) is 34.0. The second kappa shape index (κ2) is 22.5. The minimum Gasteiger partial charge on any atom is -0.455 e. The summed E-state index contributed by atoms with van der Waals surface area (Å²) >= 11 is 0. The molecule has 0 fully saturated rings. The number of hydrogen-bond acceptors (Lipinski definition) is 6. The van der Waals surface area contributed by atoms with E-state index in [9.17, 15) is 9.59 Å². The molecule has 55 heavy (non-hydrogen) atoms. The molecule has 0 aliphatic rings. The van der Waals surface area contributed by atoms with Crippen molar-refractivity contribution in [3.05, 3.63) is 132 Å². The monoisotopic (exact) mass is 763 g/mol. The molecule has 0 aliphatic carbocycles. The number of unbranched alkanes of at least 4 members (excludes halogenated alkanes) is 8. The summed E-state index contributed by atoms with van der Waals surface area (Å²) in [6.07, 6.45) is 10.6. The van der Waals surface area contributed by atoms with E-state index >= 15 is 0 Å². The summed E-state index contributed by atoms with van der Waals surface area (Å²) in [5, 5.41) is 1.97. The van der Waals surface area contributed by atoms with Crippen molar-refractivity contribution in [2.45, 2.75) is 129 Å². The molecule has 7 heteroatoms. The van der Waals surface area contributed by atoms with Gasteiger partial charge >= 0.3 is 11.9 Å². The van der Waals surface area contributed by atoms with Crippen molar-refractivity contribution < 1.29 is 23.5 Å². The fourth-order valence-electron chi connectivity index (χ4n) is 7.49. The maximum absolute atomic E-state index is 13.7. The molecule has 0 saturated carbocycles. The quantitative estimate of drug-likeness (QED) is 0.0460. The van der Waals surface area contributed by atoms with E-state index in [1.165, 1.54) is 44.9 Å². The average molecular weight is 764 g/mol. The van der Waals surface area contributed by atoms with E-state index in [-0.39, 0.29) is 11.6 Å². The van der Waals surface area contributed by atoms with Gasteiger partial charge in [-0.25, -0.2) is 9.59 Å². The number of esters is 2. The van der Waals surface area contributed by atoms with Crippen LogP contribution in [0.4, 0.5) is 0 Å². The first-order valence-electron chi connectivity index (χ1n) is 20.6. The summed E-state index contributed by atoms with van der Waals surface area (Å²) in [6, 6.07) is 37.8. The van der Waals surface area contributed by atoms with Gasteiger partial charge in [0.2, 0.25) is 0 Å². The Morgan fingerprint density at radius 2 is 0.945 bits per heavy atom. The van der Waals surface area contributed by atoms with E-state index in [0.717, 1.165) is 35.6 Å². The highest BCUT2D eigenvalue weighted by atomic mass is 28.4. The molecule has 4 rings (SSSR count). The number of ether oxygens (including phenoxy) is 2. The van der Waals surface area contributed by atoms with Crippen LogP contribution in [-0.2, 0) is 13.9 Å². The van der Waals surface area contributed by atoms with Crippen LogP contribution < -0.4 is 16.1 Å². The fraction of sp³-hybridized carbons (Fsp3) is 0.458. The van der Waals surface area contributed by atoms with Crippen molar-refractivity contribution in [3.8, 4) is 0 Å². The number of hydrogen-bond donors (Lipinski definition) is 1. The third-order valence-electron chi connectivity index (χ3n) is 10.5. The first-order chi connectivity index (χ1) is 26.5. The summed E-state index contributed by atoms with van der Waals surface area (Å²) < 4.78 is 19.8. The lowest BCUT2D eigenvalue weighted by Crippen LogP contribution is -2.67. The topological polar surface area (TPSA) is 87.9 Å². The third-order valence-corrected chi connectivity index (χ3v) is 15.5. The fourth-order valence-corrected chi connectivity index (χ4v) is 12.1. The van der Waals surface area contributed by atoms with Gasteiger partial charge in [0.15, 0.2) is 6.10 Å². The van der Waals surface area contributed by atoms with E-state index in [0.29, 0.717) is 17.5 Å². The SMILES string of the molecule is CC(C)CCCCCCCCCCC[C@@H](OC(=O)c1ccccc1)[C@@H](OC(=O)c1ccccc1)[C@@H](N)CO[Si](c1ccccc1)(c1ccccc1)C(C)(C)C. The second-order valence-electron chi connectivity index (χ2n) is 16.3. The van der Waals surface area contributed by atoms with Crippen LogP contribution in [0.1, 0.15) is 126 Å². The van der Waals surface area contributed by atoms with Crippen LogP contribution >= 0.6 is 0 Å². The zero-order valence-corrected chi connectivity index (χ0v) is 35.0. The molecule has 0 spiro atoms. The highest BCUT2D eigenvalue weighted by Crippen LogP contribution is 2.37. The normalized spacial score (nSPS) is 13.6. The highest BCUT2D eigenvalue weighted by Gasteiger charge is 2.51. The van der Waals surface area contributed by atoms with Crippen LogP contribution in [0.3, 0.4) is 0 Å². The molecule has 0 unspecified atom stereocenters. The Bertz CT molecular complexity index is 1620. The lowest BCUT2D eigenvalue weighted by atomic mass is 9.99. The van der Waals surface area contributed by atoms with E-state index in [1.54, 1.807) is 36.4 Å². The van der Waals surface area contributed by atoms with Gasteiger partial charge in [0, 0.05) is 0 Å². The Kier molecular flexibility index (Phi) is 17.9. The van der Waals surface area contributed by atoms with Crippen molar-refractivity contribution in [1.82, 2.24) is 0 Å². The highest BCUT2D eigenvalue weighted by molar-refractivity contribution is 6.99. The van der Waals surface area contributed by atoms with E-state index in [2.05, 4.69) is 58.9 Å². The van der Waals surface area contributed by atoms with Crippen LogP contribution in [0.5, 0.6) is 0 Å². The van der Waals surface area contributed by atoms with Gasteiger partial charge in [-0.3, -0.25) is 0 Å². The summed E-state index contributed by atoms with van der Waals surface area (Å²) in [7, 11) is -2.97. The number of carbonyl (C=O) groups is 2. The largest absolute Gasteiger partial charge is 0.455 e. The van der Waals surface area contributed by atoms with Gasteiger partial charge in [-0.15, -0.1) is 0 Å². The summed E-state index contributed by atoms with van der Waals surface area (Å²) in [4.78, 5) is 27.4. The van der Waals surface area contributed by atoms with Crippen molar-refractivity contribution >= 4 is 30.6 Å². The van der Waals surface area contributed by atoms with E-state index in [1.807, 2.05) is 60.7 Å². The molecule has 4 aromatic carbocycles. The molecule has 6 nitrogen and oxygen atoms in total. The van der Waals surface area contributed by atoms with Gasteiger partial charge in [0.25, 0.3) is 8.32 Å². The summed E-state index contributed by atoms with van der Waals surface area (Å²) in [5.74, 6) is -0.202. The predicted molar refractivity (Wildman–Crippen MR) is 228 cm³/mol. The van der Waals surface area contributed by atoms with Crippen LogP contribution in [0.2, 0.25) is 5.04 Å². The molecular formula is C48H65NO5Si.